The average molecular weight is 473 g/mol. The minimum absolute atomic E-state index is 0.259. The predicted molar refractivity (Wildman–Crippen MR) is 131 cm³/mol. The van der Waals surface area contributed by atoms with Gasteiger partial charge in [-0.2, -0.15) is 4.98 Å². The second kappa shape index (κ2) is 8.99. The van der Waals surface area contributed by atoms with E-state index in [1.807, 2.05) is 43.3 Å². The van der Waals surface area contributed by atoms with Crippen LogP contribution >= 0.6 is 11.6 Å². The first-order chi connectivity index (χ1) is 16.5. The molecule has 1 aliphatic rings. The standard InChI is InChI=1S/C25H21ClN6O2/c1-15-21(24(33)29-19-4-3-13-27-14-19)22(16-5-9-18(26)10-6-16)32-25(28-15)30-23(31-32)17-7-11-20(34-2)12-8-17/h3-14,22H,1-2H3,(H,29,33)(H,28,30,31)/t22-/m0/s1. The van der Waals surface area contributed by atoms with E-state index >= 15 is 0 Å². The molecule has 0 fully saturated rings. The van der Waals surface area contributed by atoms with Gasteiger partial charge in [-0.3, -0.25) is 9.78 Å². The molecule has 0 aliphatic carbocycles. The molecule has 0 saturated carbocycles. The first-order valence-electron chi connectivity index (χ1n) is 10.6. The summed E-state index contributed by atoms with van der Waals surface area (Å²) < 4.78 is 6.98. The van der Waals surface area contributed by atoms with Crippen LogP contribution in [-0.2, 0) is 4.79 Å². The highest BCUT2D eigenvalue weighted by Gasteiger charge is 2.34. The Hall–Kier alpha value is -4.17. The van der Waals surface area contributed by atoms with Crippen LogP contribution in [0.2, 0.25) is 5.02 Å². The SMILES string of the molecule is COc1ccc(-c2nc3n(n2)[C@@H](c2ccc(Cl)cc2)C(C(=O)Nc2cccnc2)=C(C)N3)cc1. The summed E-state index contributed by atoms with van der Waals surface area (Å²) in [5.74, 6) is 1.56. The molecule has 0 bridgehead atoms. The number of hydrogen-bond acceptors (Lipinski definition) is 6. The zero-order valence-corrected chi connectivity index (χ0v) is 19.2. The molecule has 0 radical (unpaired) electrons. The summed E-state index contributed by atoms with van der Waals surface area (Å²) in [6.45, 7) is 1.85. The summed E-state index contributed by atoms with van der Waals surface area (Å²) in [7, 11) is 1.62. The van der Waals surface area contributed by atoms with Crippen molar-refractivity contribution in [1.29, 1.82) is 0 Å². The number of halogens is 1. The number of nitrogens with one attached hydrogen (secondary N) is 2. The molecule has 5 rings (SSSR count). The van der Waals surface area contributed by atoms with Crippen molar-refractivity contribution in [3.8, 4) is 17.1 Å². The number of benzene rings is 2. The largest absolute Gasteiger partial charge is 0.497 e. The number of carbonyl (C=O) groups is 1. The van der Waals surface area contributed by atoms with E-state index < -0.39 is 6.04 Å². The van der Waals surface area contributed by atoms with Gasteiger partial charge in [0, 0.05) is 22.5 Å². The van der Waals surface area contributed by atoms with Gasteiger partial charge in [0.05, 0.1) is 24.6 Å². The van der Waals surface area contributed by atoms with Gasteiger partial charge in [0.2, 0.25) is 5.95 Å². The lowest BCUT2D eigenvalue weighted by Gasteiger charge is -2.28. The third-order valence-electron chi connectivity index (χ3n) is 5.55. The molecule has 0 spiro atoms. The van der Waals surface area contributed by atoms with Crippen molar-refractivity contribution in [3.63, 3.8) is 0 Å². The van der Waals surface area contributed by atoms with Crippen LogP contribution in [0.5, 0.6) is 5.75 Å². The lowest BCUT2D eigenvalue weighted by atomic mass is 9.95. The number of fused-ring (bicyclic) bond motifs is 1. The number of anilines is 2. The zero-order valence-electron chi connectivity index (χ0n) is 18.5. The smallest absolute Gasteiger partial charge is 0.255 e. The maximum absolute atomic E-state index is 13.4. The molecule has 1 atom stereocenters. The molecule has 4 aromatic rings. The number of pyridine rings is 1. The van der Waals surface area contributed by atoms with Gasteiger partial charge in [-0.15, -0.1) is 5.10 Å². The highest BCUT2D eigenvalue weighted by Crippen LogP contribution is 2.37. The normalized spacial score (nSPS) is 14.9. The topological polar surface area (TPSA) is 94.0 Å². The summed E-state index contributed by atoms with van der Waals surface area (Å²) in [6.07, 6.45) is 3.26. The van der Waals surface area contributed by atoms with E-state index in [0.29, 0.717) is 33.8 Å². The van der Waals surface area contributed by atoms with Crippen LogP contribution in [0.15, 0.2) is 84.3 Å². The van der Waals surface area contributed by atoms with Crippen LogP contribution in [0.3, 0.4) is 0 Å². The Balaban J connectivity index is 1.58. The highest BCUT2D eigenvalue weighted by molar-refractivity contribution is 6.30. The number of hydrogen-bond donors (Lipinski definition) is 2. The van der Waals surface area contributed by atoms with Crippen molar-refractivity contribution in [2.75, 3.05) is 17.7 Å². The number of rotatable bonds is 5. The number of ether oxygens (including phenoxy) is 1. The molecule has 1 amide bonds. The maximum Gasteiger partial charge on any atom is 0.255 e. The number of amides is 1. The lowest BCUT2D eigenvalue weighted by Crippen LogP contribution is -2.31. The molecule has 2 aromatic heterocycles. The fourth-order valence-electron chi connectivity index (χ4n) is 3.90. The Morgan fingerprint density at radius 3 is 2.56 bits per heavy atom. The van der Waals surface area contributed by atoms with Gasteiger partial charge in [0.1, 0.15) is 11.8 Å². The van der Waals surface area contributed by atoms with E-state index in [9.17, 15) is 4.79 Å². The van der Waals surface area contributed by atoms with Crippen molar-refractivity contribution in [1.82, 2.24) is 19.7 Å². The first kappa shape index (κ1) is 21.7. The van der Waals surface area contributed by atoms with E-state index in [4.69, 9.17) is 26.4 Å². The number of allylic oxidation sites excluding steroid dienone is 1. The third kappa shape index (κ3) is 4.11. The Labute approximate surface area is 201 Å². The summed E-state index contributed by atoms with van der Waals surface area (Å²) in [4.78, 5) is 22.2. The summed E-state index contributed by atoms with van der Waals surface area (Å²) in [5, 5.41) is 11.6. The van der Waals surface area contributed by atoms with Crippen LogP contribution in [0.1, 0.15) is 18.5 Å². The van der Waals surface area contributed by atoms with E-state index in [1.54, 1.807) is 48.5 Å². The van der Waals surface area contributed by atoms with Gasteiger partial charge >= 0.3 is 0 Å². The van der Waals surface area contributed by atoms with Crippen LogP contribution in [0.25, 0.3) is 11.4 Å². The van der Waals surface area contributed by atoms with Gasteiger partial charge in [0.25, 0.3) is 5.91 Å². The first-order valence-corrected chi connectivity index (χ1v) is 11.0. The molecule has 9 heteroatoms. The predicted octanol–water partition coefficient (Wildman–Crippen LogP) is 4.93. The van der Waals surface area contributed by atoms with E-state index in [1.165, 1.54) is 0 Å². The number of carbonyl (C=O) groups excluding carboxylic acids is 1. The Morgan fingerprint density at radius 1 is 1.12 bits per heavy atom. The summed E-state index contributed by atoms with van der Waals surface area (Å²) in [6, 6.07) is 17.9. The molecule has 2 aromatic carbocycles. The lowest BCUT2D eigenvalue weighted by molar-refractivity contribution is -0.113. The quantitative estimate of drug-likeness (QED) is 0.427. The maximum atomic E-state index is 13.4. The molecule has 34 heavy (non-hydrogen) atoms. The monoisotopic (exact) mass is 472 g/mol. The van der Waals surface area contributed by atoms with Crippen molar-refractivity contribution in [2.45, 2.75) is 13.0 Å². The Morgan fingerprint density at radius 2 is 1.88 bits per heavy atom. The Bertz CT molecular complexity index is 1370. The minimum Gasteiger partial charge on any atom is -0.497 e. The second-order valence-corrected chi connectivity index (χ2v) is 8.18. The fourth-order valence-corrected chi connectivity index (χ4v) is 4.02. The molecular weight excluding hydrogens is 452 g/mol. The van der Waals surface area contributed by atoms with Crippen molar-refractivity contribution in [2.24, 2.45) is 0 Å². The molecular formula is C25H21ClN6O2. The van der Waals surface area contributed by atoms with Gasteiger partial charge in [0.15, 0.2) is 5.82 Å². The highest BCUT2D eigenvalue weighted by atomic mass is 35.5. The minimum atomic E-state index is -0.510. The fraction of sp³-hybridized carbons (Fsp3) is 0.120. The summed E-state index contributed by atoms with van der Waals surface area (Å²) in [5.41, 5.74) is 3.49. The zero-order chi connectivity index (χ0) is 23.7. The molecule has 2 N–H and O–H groups in total. The van der Waals surface area contributed by atoms with Crippen molar-refractivity contribution >= 4 is 29.1 Å². The van der Waals surface area contributed by atoms with Crippen LogP contribution in [-0.4, -0.2) is 32.8 Å². The summed E-state index contributed by atoms with van der Waals surface area (Å²) >= 11 is 6.14. The van der Waals surface area contributed by atoms with Crippen LogP contribution < -0.4 is 15.4 Å². The van der Waals surface area contributed by atoms with Gasteiger partial charge in [-0.25, -0.2) is 4.68 Å². The van der Waals surface area contributed by atoms with Crippen molar-refractivity contribution < 1.29 is 9.53 Å². The number of aromatic nitrogens is 4. The van der Waals surface area contributed by atoms with Crippen LogP contribution in [0.4, 0.5) is 11.6 Å². The third-order valence-corrected chi connectivity index (χ3v) is 5.80. The van der Waals surface area contributed by atoms with Gasteiger partial charge < -0.3 is 15.4 Å². The van der Waals surface area contributed by atoms with Crippen molar-refractivity contribution in [3.05, 3.63) is 94.9 Å². The Kier molecular flexibility index (Phi) is 5.73. The van der Waals surface area contributed by atoms with Gasteiger partial charge in [-0.05, 0) is 61.0 Å². The molecule has 0 saturated heterocycles. The number of methoxy groups -OCH3 is 1. The van der Waals surface area contributed by atoms with E-state index in [-0.39, 0.29) is 5.91 Å². The molecule has 170 valence electrons. The van der Waals surface area contributed by atoms with E-state index in [2.05, 4.69) is 15.6 Å². The van der Waals surface area contributed by atoms with Gasteiger partial charge in [-0.1, -0.05) is 23.7 Å². The van der Waals surface area contributed by atoms with E-state index in [0.717, 1.165) is 16.9 Å². The second-order valence-electron chi connectivity index (χ2n) is 7.75. The molecule has 0 unspecified atom stereocenters. The van der Waals surface area contributed by atoms with Crippen LogP contribution in [0, 0.1) is 0 Å². The molecule has 3 heterocycles. The average Bonchev–Trinajstić information content (AvgIpc) is 3.28. The number of nitrogens with zero attached hydrogens (tertiary/aromatic N) is 4. The molecule has 8 nitrogen and oxygen atoms in total. The molecule has 1 aliphatic heterocycles.